The van der Waals surface area contributed by atoms with Crippen LogP contribution in [0.2, 0.25) is 5.02 Å². The summed E-state index contributed by atoms with van der Waals surface area (Å²) in [5, 5.41) is 0.758. The lowest BCUT2D eigenvalue weighted by atomic mass is 10.2. The van der Waals surface area contributed by atoms with Crippen LogP contribution < -0.4 is 5.73 Å². The molecular weight excluding hydrogens is 252 g/mol. The Morgan fingerprint density at radius 1 is 1.24 bits per heavy atom. The molecule has 0 aliphatic carbocycles. The van der Waals surface area contributed by atoms with Gasteiger partial charge in [-0.05, 0) is 31.2 Å². The van der Waals surface area contributed by atoms with Crippen LogP contribution in [0.25, 0.3) is 0 Å². The smallest absolute Gasteiger partial charge is 0.0569 e. The molecule has 0 radical (unpaired) electrons. The number of pyridine rings is 1. The Kier molecular flexibility index (Phi) is 4.05. The lowest BCUT2D eigenvalue weighted by molar-refractivity contribution is 0.777. The van der Waals surface area contributed by atoms with Crippen molar-refractivity contribution in [3.05, 3.63) is 53.3 Å². The maximum atomic E-state index is 6.09. The highest BCUT2D eigenvalue weighted by atomic mass is 35.5. The summed E-state index contributed by atoms with van der Waals surface area (Å²) in [6.45, 7) is 1.92. The van der Waals surface area contributed by atoms with Crippen molar-refractivity contribution in [3.8, 4) is 0 Å². The Hall–Kier alpha value is -1.03. The molecule has 2 N–H and O–H groups in total. The average molecular weight is 265 g/mol. The van der Waals surface area contributed by atoms with Crippen molar-refractivity contribution in [2.45, 2.75) is 22.8 Å². The number of hydrogen-bond donors (Lipinski definition) is 1. The normalized spacial score (nSPS) is 12.4. The molecule has 1 atom stereocenters. The van der Waals surface area contributed by atoms with E-state index in [-0.39, 0.29) is 6.04 Å². The molecule has 2 rings (SSSR count). The molecule has 1 heterocycles. The van der Waals surface area contributed by atoms with Crippen LogP contribution in [-0.2, 0) is 0 Å². The van der Waals surface area contributed by atoms with Crippen LogP contribution in [0.1, 0.15) is 18.7 Å². The quantitative estimate of drug-likeness (QED) is 0.914. The van der Waals surface area contributed by atoms with E-state index in [1.54, 1.807) is 11.8 Å². The highest BCUT2D eigenvalue weighted by Crippen LogP contribution is 2.32. The molecule has 88 valence electrons. The second-order valence-corrected chi connectivity index (χ2v) is 5.26. The zero-order valence-corrected chi connectivity index (χ0v) is 11.0. The number of benzene rings is 1. The van der Waals surface area contributed by atoms with Gasteiger partial charge >= 0.3 is 0 Å². The van der Waals surface area contributed by atoms with Crippen molar-refractivity contribution in [1.82, 2.24) is 4.98 Å². The van der Waals surface area contributed by atoms with Crippen LogP contribution in [0.3, 0.4) is 0 Å². The van der Waals surface area contributed by atoms with Crippen LogP contribution >= 0.6 is 23.4 Å². The second kappa shape index (κ2) is 5.54. The van der Waals surface area contributed by atoms with Crippen LogP contribution in [0.5, 0.6) is 0 Å². The summed E-state index contributed by atoms with van der Waals surface area (Å²) in [7, 11) is 0. The van der Waals surface area contributed by atoms with Gasteiger partial charge in [0.15, 0.2) is 0 Å². The largest absolute Gasteiger partial charge is 0.323 e. The second-order valence-electron chi connectivity index (χ2n) is 3.74. The zero-order valence-electron chi connectivity index (χ0n) is 9.43. The summed E-state index contributed by atoms with van der Waals surface area (Å²) in [5.41, 5.74) is 6.65. The van der Waals surface area contributed by atoms with Crippen molar-refractivity contribution in [3.63, 3.8) is 0 Å². The SMILES string of the molecule is CC(N)c1ccc(Sc2ccccc2Cl)cn1. The first kappa shape index (κ1) is 12.4. The van der Waals surface area contributed by atoms with Crippen LogP contribution in [-0.4, -0.2) is 4.98 Å². The maximum Gasteiger partial charge on any atom is 0.0569 e. The third-order valence-corrected chi connectivity index (χ3v) is 3.78. The van der Waals surface area contributed by atoms with Gasteiger partial charge in [0.1, 0.15) is 0 Å². The van der Waals surface area contributed by atoms with Crippen molar-refractivity contribution in [2.24, 2.45) is 5.73 Å². The number of rotatable bonds is 3. The molecule has 0 aliphatic rings. The molecule has 2 aromatic rings. The monoisotopic (exact) mass is 264 g/mol. The van der Waals surface area contributed by atoms with E-state index < -0.39 is 0 Å². The van der Waals surface area contributed by atoms with Gasteiger partial charge in [0.05, 0.1) is 10.7 Å². The van der Waals surface area contributed by atoms with E-state index in [0.717, 1.165) is 20.5 Å². The summed E-state index contributed by atoms with van der Waals surface area (Å²) < 4.78 is 0. The Morgan fingerprint density at radius 2 is 2.00 bits per heavy atom. The van der Waals surface area contributed by atoms with Crippen molar-refractivity contribution >= 4 is 23.4 Å². The van der Waals surface area contributed by atoms with Crippen LogP contribution in [0, 0.1) is 0 Å². The molecule has 0 saturated carbocycles. The summed E-state index contributed by atoms with van der Waals surface area (Å²) in [6.07, 6.45) is 1.83. The number of aromatic nitrogens is 1. The number of halogens is 1. The number of nitrogens with two attached hydrogens (primary N) is 1. The molecule has 4 heteroatoms. The van der Waals surface area contributed by atoms with E-state index in [0.29, 0.717) is 0 Å². The van der Waals surface area contributed by atoms with Crippen molar-refractivity contribution < 1.29 is 0 Å². The lowest BCUT2D eigenvalue weighted by Crippen LogP contribution is -2.06. The van der Waals surface area contributed by atoms with E-state index in [1.807, 2.05) is 49.5 Å². The fourth-order valence-electron chi connectivity index (χ4n) is 1.38. The number of nitrogens with zero attached hydrogens (tertiary/aromatic N) is 1. The van der Waals surface area contributed by atoms with E-state index in [1.165, 1.54) is 0 Å². The van der Waals surface area contributed by atoms with Crippen LogP contribution in [0.4, 0.5) is 0 Å². The Balaban J connectivity index is 2.17. The Morgan fingerprint density at radius 3 is 2.59 bits per heavy atom. The molecule has 0 aliphatic heterocycles. The molecule has 1 aromatic heterocycles. The van der Waals surface area contributed by atoms with Gasteiger partial charge in [-0.25, -0.2) is 0 Å². The van der Waals surface area contributed by atoms with Crippen LogP contribution in [0.15, 0.2) is 52.4 Å². The molecule has 0 bridgehead atoms. The summed E-state index contributed by atoms with van der Waals surface area (Å²) in [5.74, 6) is 0. The summed E-state index contributed by atoms with van der Waals surface area (Å²) in [4.78, 5) is 6.40. The van der Waals surface area contributed by atoms with E-state index in [9.17, 15) is 0 Å². The minimum Gasteiger partial charge on any atom is -0.323 e. The van der Waals surface area contributed by atoms with Gasteiger partial charge in [0.2, 0.25) is 0 Å². The Labute approximate surface area is 110 Å². The van der Waals surface area contributed by atoms with Crippen molar-refractivity contribution in [2.75, 3.05) is 0 Å². The third kappa shape index (κ3) is 3.22. The highest BCUT2D eigenvalue weighted by molar-refractivity contribution is 7.99. The fraction of sp³-hybridized carbons (Fsp3) is 0.154. The van der Waals surface area contributed by atoms with Gasteiger partial charge in [0.25, 0.3) is 0 Å². The zero-order chi connectivity index (χ0) is 12.3. The Bertz CT molecular complexity index is 497. The van der Waals surface area contributed by atoms with E-state index in [4.69, 9.17) is 17.3 Å². The van der Waals surface area contributed by atoms with Gasteiger partial charge in [-0.1, -0.05) is 35.5 Å². The summed E-state index contributed by atoms with van der Waals surface area (Å²) >= 11 is 7.69. The highest BCUT2D eigenvalue weighted by Gasteiger charge is 2.04. The van der Waals surface area contributed by atoms with Gasteiger partial charge in [0, 0.05) is 22.0 Å². The predicted octanol–water partition coefficient (Wildman–Crippen LogP) is 3.91. The third-order valence-electron chi connectivity index (χ3n) is 2.29. The number of hydrogen-bond acceptors (Lipinski definition) is 3. The first-order valence-corrected chi connectivity index (χ1v) is 6.50. The molecule has 1 unspecified atom stereocenters. The summed E-state index contributed by atoms with van der Waals surface area (Å²) in [6, 6.07) is 11.7. The lowest BCUT2D eigenvalue weighted by Gasteiger charge is -2.06. The average Bonchev–Trinajstić information content (AvgIpc) is 2.33. The van der Waals surface area contributed by atoms with Gasteiger partial charge in [-0.3, -0.25) is 4.98 Å². The predicted molar refractivity (Wildman–Crippen MR) is 72.4 cm³/mol. The molecule has 1 aromatic carbocycles. The van der Waals surface area contributed by atoms with E-state index >= 15 is 0 Å². The standard InChI is InChI=1S/C13H13ClN2S/c1-9(15)12-7-6-10(8-16-12)17-13-5-3-2-4-11(13)14/h2-9H,15H2,1H3. The molecule has 0 saturated heterocycles. The fourth-order valence-corrected chi connectivity index (χ4v) is 2.43. The minimum atomic E-state index is -0.0330. The molecule has 2 nitrogen and oxygen atoms in total. The van der Waals surface area contributed by atoms with E-state index in [2.05, 4.69) is 4.98 Å². The minimum absolute atomic E-state index is 0.0330. The topological polar surface area (TPSA) is 38.9 Å². The molecule has 17 heavy (non-hydrogen) atoms. The van der Waals surface area contributed by atoms with Gasteiger partial charge in [-0.2, -0.15) is 0 Å². The van der Waals surface area contributed by atoms with Crippen molar-refractivity contribution in [1.29, 1.82) is 0 Å². The first-order valence-electron chi connectivity index (χ1n) is 5.31. The molecular formula is C13H13ClN2S. The van der Waals surface area contributed by atoms with Gasteiger partial charge < -0.3 is 5.73 Å². The maximum absolute atomic E-state index is 6.09. The molecule has 0 spiro atoms. The molecule has 0 amide bonds. The van der Waals surface area contributed by atoms with Gasteiger partial charge in [-0.15, -0.1) is 0 Å². The first-order chi connectivity index (χ1) is 8.16. The molecule has 0 fully saturated rings.